The van der Waals surface area contributed by atoms with Crippen molar-refractivity contribution in [2.75, 3.05) is 13.1 Å². The van der Waals surface area contributed by atoms with Crippen LogP contribution in [0.4, 0.5) is 13.2 Å². The van der Waals surface area contributed by atoms with Gasteiger partial charge in [-0.2, -0.15) is 13.2 Å². The molecule has 1 fully saturated rings. The standard InChI is InChI=1S/C11H18F3N3O2/c12-11(13,14)7-2-1-3-8(4-7)17-10(19)6-16-9(18)5-15/h7-8H,1-6,15H2,(H,16,18)(H,17,19). The summed E-state index contributed by atoms with van der Waals surface area (Å²) in [5, 5.41) is 4.77. The van der Waals surface area contributed by atoms with Crippen LogP contribution in [0.15, 0.2) is 0 Å². The Kier molecular flexibility index (Phi) is 5.59. The number of carbonyl (C=O) groups excluding carboxylic acids is 2. The molecule has 0 aromatic heterocycles. The fourth-order valence-electron chi connectivity index (χ4n) is 2.15. The molecule has 0 heterocycles. The Morgan fingerprint density at radius 2 is 1.89 bits per heavy atom. The molecule has 2 amide bonds. The molecule has 0 aromatic carbocycles. The number of hydrogen-bond donors (Lipinski definition) is 3. The van der Waals surface area contributed by atoms with Gasteiger partial charge in [0.05, 0.1) is 19.0 Å². The number of alkyl halides is 3. The lowest BCUT2D eigenvalue weighted by molar-refractivity contribution is -0.184. The fraction of sp³-hybridized carbons (Fsp3) is 0.818. The summed E-state index contributed by atoms with van der Waals surface area (Å²) in [7, 11) is 0. The van der Waals surface area contributed by atoms with Gasteiger partial charge in [-0.05, 0) is 19.3 Å². The van der Waals surface area contributed by atoms with Gasteiger partial charge in [0.1, 0.15) is 0 Å². The van der Waals surface area contributed by atoms with E-state index in [-0.39, 0.29) is 25.9 Å². The van der Waals surface area contributed by atoms with Crippen molar-refractivity contribution in [3.63, 3.8) is 0 Å². The predicted molar refractivity (Wildman–Crippen MR) is 62.0 cm³/mol. The largest absolute Gasteiger partial charge is 0.391 e. The van der Waals surface area contributed by atoms with Crippen LogP contribution in [0.5, 0.6) is 0 Å². The van der Waals surface area contributed by atoms with Crippen LogP contribution >= 0.6 is 0 Å². The Labute approximate surface area is 109 Å². The molecule has 110 valence electrons. The molecule has 0 bridgehead atoms. The topological polar surface area (TPSA) is 84.2 Å². The molecule has 0 aliphatic heterocycles. The highest BCUT2D eigenvalue weighted by atomic mass is 19.4. The van der Waals surface area contributed by atoms with Crippen molar-refractivity contribution < 1.29 is 22.8 Å². The zero-order valence-electron chi connectivity index (χ0n) is 10.4. The van der Waals surface area contributed by atoms with Crippen LogP contribution < -0.4 is 16.4 Å². The van der Waals surface area contributed by atoms with Crippen molar-refractivity contribution in [2.45, 2.75) is 37.9 Å². The fourth-order valence-corrected chi connectivity index (χ4v) is 2.15. The van der Waals surface area contributed by atoms with E-state index < -0.39 is 30.0 Å². The first-order chi connectivity index (χ1) is 8.82. The molecule has 0 radical (unpaired) electrons. The van der Waals surface area contributed by atoms with E-state index in [9.17, 15) is 22.8 Å². The summed E-state index contributed by atoms with van der Waals surface area (Å²) >= 11 is 0. The number of rotatable bonds is 4. The Hall–Kier alpha value is -1.31. The highest BCUT2D eigenvalue weighted by Gasteiger charge is 2.42. The van der Waals surface area contributed by atoms with Crippen molar-refractivity contribution in [2.24, 2.45) is 11.7 Å². The maximum Gasteiger partial charge on any atom is 0.391 e. The second kappa shape index (κ2) is 6.74. The molecular weight excluding hydrogens is 263 g/mol. The van der Waals surface area contributed by atoms with Crippen molar-refractivity contribution in [3.05, 3.63) is 0 Å². The van der Waals surface area contributed by atoms with Gasteiger partial charge in [-0.25, -0.2) is 0 Å². The van der Waals surface area contributed by atoms with Gasteiger partial charge in [-0.3, -0.25) is 9.59 Å². The average molecular weight is 281 g/mol. The summed E-state index contributed by atoms with van der Waals surface area (Å²) in [5.74, 6) is -2.33. The highest BCUT2D eigenvalue weighted by molar-refractivity contribution is 5.85. The number of hydrogen-bond acceptors (Lipinski definition) is 3. The normalized spacial score (nSPS) is 23.8. The Morgan fingerprint density at radius 3 is 2.47 bits per heavy atom. The lowest BCUT2D eigenvalue weighted by atomic mass is 9.85. The minimum Gasteiger partial charge on any atom is -0.352 e. The van der Waals surface area contributed by atoms with Gasteiger partial charge in [0.25, 0.3) is 0 Å². The maximum atomic E-state index is 12.6. The molecule has 19 heavy (non-hydrogen) atoms. The van der Waals surface area contributed by atoms with E-state index in [0.29, 0.717) is 12.8 Å². The van der Waals surface area contributed by atoms with Crippen molar-refractivity contribution in [1.82, 2.24) is 10.6 Å². The first-order valence-electron chi connectivity index (χ1n) is 6.15. The van der Waals surface area contributed by atoms with Crippen molar-refractivity contribution in [1.29, 1.82) is 0 Å². The first kappa shape index (κ1) is 15.7. The smallest absolute Gasteiger partial charge is 0.352 e. The maximum absolute atomic E-state index is 12.6. The van der Waals surface area contributed by atoms with Crippen LogP contribution in [0.1, 0.15) is 25.7 Å². The summed E-state index contributed by atoms with van der Waals surface area (Å²) in [6, 6.07) is -0.484. The van der Waals surface area contributed by atoms with E-state index in [1.165, 1.54) is 0 Å². The van der Waals surface area contributed by atoms with E-state index in [4.69, 9.17) is 5.73 Å². The van der Waals surface area contributed by atoms with Gasteiger partial charge < -0.3 is 16.4 Å². The van der Waals surface area contributed by atoms with Crippen molar-refractivity contribution >= 4 is 11.8 Å². The number of amides is 2. The number of carbonyl (C=O) groups is 2. The third-order valence-electron chi connectivity index (χ3n) is 3.13. The molecule has 1 rings (SSSR count). The molecular formula is C11H18F3N3O2. The Morgan fingerprint density at radius 1 is 1.21 bits per heavy atom. The quantitative estimate of drug-likeness (QED) is 0.693. The van der Waals surface area contributed by atoms with Crippen LogP contribution in [0.2, 0.25) is 0 Å². The lowest BCUT2D eigenvalue weighted by Gasteiger charge is -2.31. The minimum absolute atomic E-state index is 0.0971. The van der Waals surface area contributed by atoms with E-state index in [1.54, 1.807) is 0 Å². The van der Waals surface area contributed by atoms with Gasteiger partial charge in [0.2, 0.25) is 11.8 Å². The molecule has 0 saturated heterocycles. The highest BCUT2D eigenvalue weighted by Crippen LogP contribution is 2.37. The monoisotopic (exact) mass is 281 g/mol. The van der Waals surface area contributed by atoms with E-state index in [0.717, 1.165) is 0 Å². The molecule has 2 unspecified atom stereocenters. The summed E-state index contributed by atoms with van der Waals surface area (Å²) < 4.78 is 37.7. The summed E-state index contributed by atoms with van der Waals surface area (Å²) in [5.41, 5.74) is 5.04. The van der Waals surface area contributed by atoms with E-state index in [2.05, 4.69) is 10.6 Å². The second-order valence-electron chi connectivity index (χ2n) is 4.65. The SMILES string of the molecule is NCC(=O)NCC(=O)NC1CCCC(C(F)(F)F)C1. The van der Waals surface area contributed by atoms with Crippen molar-refractivity contribution in [3.8, 4) is 0 Å². The van der Waals surface area contributed by atoms with Crippen LogP contribution in [-0.4, -0.2) is 37.1 Å². The van der Waals surface area contributed by atoms with Crippen LogP contribution in [0, 0.1) is 5.92 Å². The summed E-state index contributed by atoms with van der Waals surface area (Å²) in [6.07, 6.45) is -3.23. The number of nitrogens with two attached hydrogens (primary N) is 1. The molecule has 0 spiro atoms. The lowest BCUT2D eigenvalue weighted by Crippen LogP contribution is -2.46. The van der Waals surface area contributed by atoms with Gasteiger partial charge in [-0.1, -0.05) is 6.42 Å². The number of halogens is 3. The first-order valence-corrected chi connectivity index (χ1v) is 6.15. The van der Waals surface area contributed by atoms with Gasteiger partial charge >= 0.3 is 6.18 Å². The molecule has 8 heteroatoms. The molecule has 1 aliphatic carbocycles. The van der Waals surface area contributed by atoms with Gasteiger partial charge in [0.15, 0.2) is 0 Å². The van der Waals surface area contributed by atoms with Crippen LogP contribution in [-0.2, 0) is 9.59 Å². The average Bonchev–Trinajstić information content (AvgIpc) is 2.35. The molecule has 5 nitrogen and oxygen atoms in total. The summed E-state index contributed by atoms with van der Waals surface area (Å²) in [6.45, 7) is -0.490. The van der Waals surface area contributed by atoms with Crippen LogP contribution in [0.3, 0.4) is 0 Å². The van der Waals surface area contributed by atoms with Gasteiger partial charge in [-0.15, -0.1) is 0 Å². The predicted octanol–water partition coefficient (Wildman–Crippen LogP) is 0.299. The molecule has 0 aromatic rings. The number of nitrogens with one attached hydrogen (secondary N) is 2. The van der Waals surface area contributed by atoms with Gasteiger partial charge in [0, 0.05) is 6.04 Å². The van der Waals surface area contributed by atoms with E-state index in [1.807, 2.05) is 0 Å². The zero-order chi connectivity index (χ0) is 14.5. The summed E-state index contributed by atoms with van der Waals surface area (Å²) in [4.78, 5) is 22.3. The molecule has 1 saturated carbocycles. The second-order valence-corrected chi connectivity index (χ2v) is 4.65. The zero-order valence-corrected chi connectivity index (χ0v) is 10.4. The molecule has 1 aliphatic rings. The van der Waals surface area contributed by atoms with Crippen LogP contribution in [0.25, 0.3) is 0 Å². The molecule has 4 N–H and O–H groups in total. The third kappa shape index (κ3) is 5.46. The Bertz CT molecular complexity index is 334. The third-order valence-corrected chi connectivity index (χ3v) is 3.13. The molecule has 2 atom stereocenters. The van der Waals surface area contributed by atoms with E-state index >= 15 is 0 Å². The minimum atomic E-state index is -4.21. The Balaban J connectivity index is 2.36.